The van der Waals surface area contributed by atoms with Gasteiger partial charge in [-0.1, -0.05) is 0 Å². The maximum atomic E-state index is 13.3. The number of hydrogen-bond acceptors (Lipinski definition) is 5. The Balaban J connectivity index is 2.01. The van der Waals surface area contributed by atoms with E-state index in [4.69, 9.17) is 4.74 Å². The van der Waals surface area contributed by atoms with Gasteiger partial charge >= 0.3 is 5.97 Å². The van der Waals surface area contributed by atoms with E-state index in [9.17, 15) is 9.18 Å². The standard InChI is InChI=1S/C15H15FN2O3/c1-20-14-7-11(5-6-13(14)16)18-9-12-4-3-10(8-17-12)15(19)21-2/h3-8,18H,9H2,1-2H3. The van der Waals surface area contributed by atoms with Crippen molar-refractivity contribution in [2.75, 3.05) is 19.5 Å². The Morgan fingerprint density at radius 2 is 2.10 bits per heavy atom. The molecule has 0 aliphatic carbocycles. The summed E-state index contributed by atoms with van der Waals surface area (Å²) in [4.78, 5) is 15.4. The van der Waals surface area contributed by atoms with Gasteiger partial charge in [0.25, 0.3) is 0 Å². The van der Waals surface area contributed by atoms with Gasteiger partial charge in [-0.15, -0.1) is 0 Å². The highest BCUT2D eigenvalue weighted by atomic mass is 19.1. The maximum Gasteiger partial charge on any atom is 0.339 e. The van der Waals surface area contributed by atoms with Gasteiger partial charge in [0, 0.05) is 18.0 Å². The Labute approximate surface area is 121 Å². The van der Waals surface area contributed by atoms with Gasteiger partial charge < -0.3 is 14.8 Å². The van der Waals surface area contributed by atoms with Crippen molar-refractivity contribution in [1.29, 1.82) is 0 Å². The molecule has 0 radical (unpaired) electrons. The molecule has 6 heteroatoms. The summed E-state index contributed by atoms with van der Waals surface area (Å²) in [6, 6.07) is 7.87. The van der Waals surface area contributed by atoms with Crippen LogP contribution >= 0.6 is 0 Å². The number of halogens is 1. The molecule has 21 heavy (non-hydrogen) atoms. The zero-order valence-electron chi connectivity index (χ0n) is 11.7. The third-order valence-corrected chi connectivity index (χ3v) is 2.87. The van der Waals surface area contributed by atoms with Gasteiger partial charge in [0.1, 0.15) is 0 Å². The summed E-state index contributed by atoms with van der Waals surface area (Å²) in [7, 11) is 2.73. The van der Waals surface area contributed by atoms with Gasteiger partial charge in [0.2, 0.25) is 0 Å². The van der Waals surface area contributed by atoms with Gasteiger partial charge in [-0.2, -0.15) is 0 Å². The molecule has 2 aromatic rings. The first kappa shape index (κ1) is 14.8. The number of methoxy groups -OCH3 is 2. The van der Waals surface area contributed by atoms with Crippen LogP contribution in [0.5, 0.6) is 5.75 Å². The van der Waals surface area contributed by atoms with E-state index in [0.717, 1.165) is 5.69 Å². The molecule has 1 N–H and O–H groups in total. The van der Waals surface area contributed by atoms with Gasteiger partial charge in [-0.25, -0.2) is 9.18 Å². The largest absolute Gasteiger partial charge is 0.494 e. The second-order valence-corrected chi connectivity index (χ2v) is 4.23. The first-order valence-corrected chi connectivity index (χ1v) is 6.24. The van der Waals surface area contributed by atoms with Crippen LogP contribution in [0.4, 0.5) is 10.1 Å². The fourth-order valence-corrected chi connectivity index (χ4v) is 1.73. The van der Waals surface area contributed by atoms with Crippen molar-refractivity contribution in [3.63, 3.8) is 0 Å². The molecule has 110 valence electrons. The van der Waals surface area contributed by atoms with Gasteiger partial charge in [0.05, 0.1) is 32.0 Å². The van der Waals surface area contributed by atoms with Crippen molar-refractivity contribution in [2.24, 2.45) is 0 Å². The number of aromatic nitrogens is 1. The minimum atomic E-state index is -0.426. The van der Waals surface area contributed by atoms with Gasteiger partial charge in [-0.05, 0) is 24.3 Å². The summed E-state index contributed by atoms with van der Waals surface area (Å²) in [6.07, 6.45) is 1.45. The first-order chi connectivity index (χ1) is 10.1. The van der Waals surface area contributed by atoms with E-state index in [0.29, 0.717) is 17.8 Å². The number of carbonyl (C=O) groups excluding carboxylic acids is 1. The number of benzene rings is 1. The Morgan fingerprint density at radius 1 is 1.29 bits per heavy atom. The lowest BCUT2D eigenvalue weighted by molar-refractivity contribution is 0.0600. The quantitative estimate of drug-likeness (QED) is 0.858. The molecule has 0 saturated heterocycles. The Kier molecular flexibility index (Phi) is 4.71. The smallest absolute Gasteiger partial charge is 0.339 e. The molecule has 0 atom stereocenters. The Morgan fingerprint density at radius 3 is 2.71 bits per heavy atom. The number of hydrogen-bond donors (Lipinski definition) is 1. The van der Waals surface area contributed by atoms with Crippen molar-refractivity contribution in [3.8, 4) is 5.75 Å². The van der Waals surface area contributed by atoms with E-state index in [1.54, 1.807) is 24.3 Å². The molecule has 1 heterocycles. The van der Waals surface area contributed by atoms with Crippen LogP contribution in [0.15, 0.2) is 36.5 Å². The van der Waals surface area contributed by atoms with Crippen molar-refractivity contribution >= 4 is 11.7 Å². The fraction of sp³-hybridized carbons (Fsp3) is 0.200. The molecule has 0 saturated carbocycles. The molecule has 5 nitrogen and oxygen atoms in total. The summed E-state index contributed by atoms with van der Waals surface area (Å²) in [5, 5.41) is 3.10. The Bertz CT molecular complexity index is 629. The van der Waals surface area contributed by atoms with Gasteiger partial charge in [0.15, 0.2) is 11.6 Å². The SMILES string of the molecule is COC(=O)c1ccc(CNc2ccc(F)c(OC)c2)nc1. The van der Waals surface area contributed by atoms with Crippen LogP contribution in [0.1, 0.15) is 16.1 Å². The number of pyridine rings is 1. The summed E-state index contributed by atoms with van der Waals surface area (Å²) in [5.74, 6) is -0.664. The molecule has 2 rings (SSSR count). The van der Waals surface area contributed by atoms with Gasteiger partial charge in [-0.3, -0.25) is 4.98 Å². The molecular formula is C15H15FN2O3. The van der Waals surface area contributed by atoms with Crippen molar-refractivity contribution in [3.05, 3.63) is 53.6 Å². The summed E-state index contributed by atoms with van der Waals surface area (Å²) >= 11 is 0. The van der Waals surface area contributed by atoms with Crippen LogP contribution in [-0.4, -0.2) is 25.2 Å². The summed E-state index contributed by atoms with van der Waals surface area (Å²) in [6.45, 7) is 0.441. The van der Waals surface area contributed by atoms with E-state index in [-0.39, 0.29) is 5.75 Å². The predicted molar refractivity (Wildman–Crippen MR) is 75.9 cm³/mol. The number of carbonyl (C=O) groups is 1. The second kappa shape index (κ2) is 6.69. The van der Waals surface area contributed by atoms with E-state index >= 15 is 0 Å². The zero-order chi connectivity index (χ0) is 15.2. The lowest BCUT2D eigenvalue weighted by Crippen LogP contribution is -2.05. The third-order valence-electron chi connectivity index (χ3n) is 2.87. The van der Waals surface area contributed by atoms with Crippen molar-refractivity contribution < 1.29 is 18.7 Å². The molecule has 0 bridgehead atoms. The molecule has 0 aliphatic heterocycles. The molecular weight excluding hydrogens is 275 g/mol. The van der Waals surface area contributed by atoms with Crippen LogP contribution < -0.4 is 10.1 Å². The first-order valence-electron chi connectivity index (χ1n) is 6.24. The monoisotopic (exact) mass is 290 g/mol. The average Bonchev–Trinajstić information content (AvgIpc) is 2.53. The lowest BCUT2D eigenvalue weighted by Gasteiger charge is -2.08. The van der Waals surface area contributed by atoms with Crippen LogP contribution in [-0.2, 0) is 11.3 Å². The predicted octanol–water partition coefficient (Wildman–Crippen LogP) is 2.63. The van der Waals surface area contributed by atoms with Crippen molar-refractivity contribution in [1.82, 2.24) is 4.98 Å². The topological polar surface area (TPSA) is 60.5 Å². The van der Waals surface area contributed by atoms with Crippen LogP contribution in [0.2, 0.25) is 0 Å². The third kappa shape index (κ3) is 3.68. The number of anilines is 1. The molecule has 1 aromatic carbocycles. The minimum absolute atomic E-state index is 0.175. The number of nitrogens with zero attached hydrogens (tertiary/aromatic N) is 1. The lowest BCUT2D eigenvalue weighted by atomic mass is 10.2. The number of esters is 1. The van der Waals surface area contributed by atoms with E-state index in [2.05, 4.69) is 15.0 Å². The van der Waals surface area contributed by atoms with Crippen LogP contribution in [0.25, 0.3) is 0 Å². The fourth-order valence-electron chi connectivity index (χ4n) is 1.73. The number of rotatable bonds is 5. The minimum Gasteiger partial charge on any atom is -0.494 e. The molecule has 0 fully saturated rings. The number of nitrogens with one attached hydrogen (secondary N) is 1. The zero-order valence-corrected chi connectivity index (χ0v) is 11.7. The Hall–Kier alpha value is -2.63. The molecule has 1 aromatic heterocycles. The molecule has 0 unspecified atom stereocenters. The van der Waals surface area contributed by atoms with Crippen LogP contribution in [0, 0.1) is 5.82 Å². The average molecular weight is 290 g/mol. The normalized spacial score (nSPS) is 10.0. The van der Waals surface area contributed by atoms with E-state index in [1.807, 2.05) is 0 Å². The summed E-state index contributed by atoms with van der Waals surface area (Å²) in [5.41, 5.74) is 1.85. The summed E-state index contributed by atoms with van der Waals surface area (Å²) < 4.78 is 22.8. The van der Waals surface area contributed by atoms with E-state index in [1.165, 1.54) is 26.5 Å². The highest BCUT2D eigenvalue weighted by molar-refractivity contribution is 5.88. The molecule has 0 amide bonds. The van der Waals surface area contributed by atoms with Crippen molar-refractivity contribution in [2.45, 2.75) is 6.54 Å². The number of ether oxygens (including phenoxy) is 2. The second-order valence-electron chi connectivity index (χ2n) is 4.23. The highest BCUT2D eigenvalue weighted by Crippen LogP contribution is 2.21. The van der Waals surface area contributed by atoms with E-state index < -0.39 is 11.8 Å². The highest BCUT2D eigenvalue weighted by Gasteiger charge is 2.06. The van der Waals surface area contributed by atoms with Crippen LogP contribution in [0.3, 0.4) is 0 Å². The molecule has 0 spiro atoms. The maximum absolute atomic E-state index is 13.3. The molecule has 0 aliphatic rings.